The summed E-state index contributed by atoms with van der Waals surface area (Å²) in [7, 11) is 0. The van der Waals surface area contributed by atoms with Gasteiger partial charge < -0.3 is 19.9 Å². The maximum Gasteiger partial charge on any atom is 0.419 e. The van der Waals surface area contributed by atoms with Crippen molar-refractivity contribution in [2.24, 2.45) is 0 Å². The Morgan fingerprint density at radius 3 is 2.60 bits per heavy atom. The Hall–Kier alpha value is -2.71. The van der Waals surface area contributed by atoms with Gasteiger partial charge in [0, 0.05) is 0 Å². The number of carbonyl (C=O) groups excluding carboxylic acids is 2. The third-order valence-electron chi connectivity index (χ3n) is 3.28. The highest BCUT2D eigenvalue weighted by Gasteiger charge is 2.43. The van der Waals surface area contributed by atoms with E-state index in [1.54, 1.807) is 0 Å². The zero-order valence-electron chi connectivity index (χ0n) is 12.8. The number of rotatable bonds is 4. The Morgan fingerprint density at radius 1 is 1.48 bits per heavy atom. The molecule has 0 saturated carbocycles. The number of halogens is 3. The van der Waals surface area contributed by atoms with E-state index in [1.807, 2.05) is 5.32 Å². The van der Waals surface area contributed by atoms with E-state index in [0.717, 1.165) is 13.1 Å². The van der Waals surface area contributed by atoms with E-state index in [2.05, 4.69) is 4.98 Å². The predicted octanol–water partition coefficient (Wildman–Crippen LogP) is 0.604. The fraction of sp³-hybridized carbons (Fsp3) is 0.429. The highest BCUT2D eigenvalue weighted by Crippen LogP contribution is 2.32. The molecule has 11 heteroatoms. The van der Waals surface area contributed by atoms with E-state index < -0.39 is 46.7 Å². The van der Waals surface area contributed by atoms with Crippen LogP contribution in [0.25, 0.3) is 0 Å². The van der Waals surface area contributed by atoms with E-state index in [-0.39, 0.29) is 13.2 Å². The number of nitrogens with zero attached hydrogens (tertiary/aromatic N) is 2. The molecule has 2 rings (SSSR count). The lowest BCUT2D eigenvalue weighted by atomic mass is 10.1. The standard InChI is InChI=1S/C14H12F3N3O5/c1-13(23,12(22)25-8-5-24-6-8)11(21)20-7-2-9(14(15,16)17)10(3-18)19-4-7/h2,4,8,23H,5-6H2,1H3,(H,20,21). The molecule has 0 radical (unpaired) electrons. The lowest BCUT2D eigenvalue weighted by Gasteiger charge is -2.29. The van der Waals surface area contributed by atoms with Gasteiger partial charge in [0.2, 0.25) is 5.60 Å². The van der Waals surface area contributed by atoms with Crippen LogP contribution < -0.4 is 5.32 Å². The minimum absolute atomic E-state index is 0.123. The average molecular weight is 359 g/mol. The molecule has 1 aliphatic heterocycles. The fourth-order valence-corrected chi connectivity index (χ4v) is 1.73. The van der Waals surface area contributed by atoms with Crippen LogP contribution in [0.1, 0.15) is 18.2 Å². The second-order valence-corrected chi connectivity index (χ2v) is 5.32. The van der Waals surface area contributed by atoms with E-state index in [0.29, 0.717) is 6.07 Å². The van der Waals surface area contributed by atoms with E-state index >= 15 is 0 Å². The van der Waals surface area contributed by atoms with Crippen molar-refractivity contribution in [1.82, 2.24) is 4.98 Å². The number of anilines is 1. The van der Waals surface area contributed by atoms with Crippen molar-refractivity contribution >= 4 is 17.6 Å². The van der Waals surface area contributed by atoms with E-state index in [9.17, 15) is 27.9 Å². The van der Waals surface area contributed by atoms with Crippen molar-refractivity contribution in [2.45, 2.75) is 24.8 Å². The number of hydrogen-bond donors (Lipinski definition) is 2. The van der Waals surface area contributed by atoms with Crippen LogP contribution in [0.3, 0.4) is 0 Å². The van der Waals surface area contributed by atoms with Crippen LogP contribution >= 0.6 is 0 Å². The van der Waals surface area contributed by atoms with Crippen LogP contribution in [0.2, 0.25) is 0 Å². The summed E-state index contributed by atoms with van der Waals surface area (Å²) in [5, 5.41) is 20.6. The summed E-state index contributed by atoms with van der Waals surface area (Å²) in [6.07, 6.45) is -4.67. The molecule has 1 aliphatic rings. The number of ether oxygens (including phenoxy) is 2. The van der Waals surface area contributed by atoms with E-state index in [1.165, 1.54) is 6.07 Å². The number of aromatic nitrogens is 1. The average Bonchev–Trinajstić information content (AvgIpc) is 2.49. The second-order valence-electron chi connectivity index (χ2n) is 5.32. The van der Waals surface area contributed by atoms with Gasteiger partial charge in [-0.3, -0.25) is 4.79 Å². The molecule has 2 N–H and O–H groups in total. The molecule has 0 aromatic carbocycles. The minimum Gasteiger partial charge on any atom is -0.455 e. The number of alkyl halides is 3. The smallest absolute Gasteiger partial charge is 0.419 e. The fourth-order valence-electron chi connectivity index (χ4n) is 1.73. The van der Waals surface area contributed by atoms with Gasteiger partial charge in [-0.05, 0) is 13.0 Å². The first-order chi connectivity index (χ1) is 11.6. The van der Waals surface area contributed by atoms with Crippen molar-refractivity contribution in [3.05, 3.63) is 23.5 Å². The first-order valence-corrected chi connectivity index (χ1v) is 6.85. The number of aliphatic hydroxyl groups is 1. The van der Waals surface area contributed by atoms with Gasteiger partial charge in [-0.2, -0.15) is 18.4 Å². The van der Waals surface area contributed by atoms with Crippen LogP contribution in [0.4, 0.5) is 18.9 Å². The molecule has 1 amide bonds. The van der Waals surface area contributed by atoms with Crippen molar-refractivity contribution < 1.29 is 37.3 Å². The number of nitrogens with one attached hydrogen (secondary N) is 1. The number of amides is 1. The Labute approximate surface area is 139 Å². The molecule has 1 fully saturated rings. The van der Waals surface area contributed by atoms with Crippen molar-refractivity contribution in [1.29, 1.82) is 5.26 Å². The van der Waals surface area contributed by atoms with Crippen molar-refractivity contribution in [3.63, 3.8) is 0 Å². The summed E-state index contributed by atoms with van der Waals surface area (Å²) in [4.78, 5) is 27.1. The van der Waals surface area contributed by atoms with Gasteiger partial charge in [-0.1, -0.05) is 0 Å². The molecule has 1 aromatic heterocycles. The first kappa shape index (κ1) is 18.6. The Morgan fingerprint density at radius 2 is 2.12 bits per heavy atom. The maximum absolute atomic E-state index is 12.9. The minimum atomic E-state index is -4.87. The molecule has 0 aliphatic carbocycles. The number of hydrogen-bond acceptors (Lipinski definition) is 7. The summed E-state index contributed by atoms with van der Waals surface area (Å²) in [5.41, 5.74) is -5.32. The van der Waals surface area contributed by atoms with Crippen LogP contribution in [0, 0.1) is 11.3 Å². The molecule has 0 bridgehead atoms. The summed E-state index contributed by atoms with van der Waals surface area (Å²) < 4.78 is 48.2. The van der Waals surface area contributed by atoms with Gasteiger partial charge in [-0.15, -0.1) is 0 Å². The van der Waals surface area contributed by atoms with Gasteiger partial charge in [0.15, 0.2) is 5.69 Å². The summed E-state index contributed by atoms with van der Waals surface area (Å²) in [6, 6.07) is 1.76. The number of pyridine rings is 1. The zero-order chi connectivity index (χ0) is 18.8. The molecule has 1 atom stereocenters. The highest BCUT2D eigenvalue weighted by atomic mass is 19.4. The topological polar surface area (TPSA) is 122 Å². The Bertz CT molecular complexity index is 738. The molecule has 1 unspecified atom stereocenters. The molecule has 134 valence electrons. The highest BCUT2D eigenvalue weighted by molar-refractivity contribution is 6.11. The molecular formula is C14H12F3N3O5. The lowest BCUT2D eigenvalue weighted by molar-refractivity contribution is -0.190. The monoisotopic (exact) mass is 359 g/mol. The molecule has 1 aromatic rings. The molecule has 25 heavy (non-hydrogen) atoms. The predicted molar refractivity (Wildman–Crippen MR) is 73.9 cm³/mol. The van der Waals surface area contributed by atoms with Crippen LogP contribution in [-0.4, -0.2) is 46.9 Å². The molecule has 8 nitrogen and oxygen atoms in total. The molecular weight excluding hydrogens is 347 g/mol. The van der Waals surface area contributed by atoms with Gasteiger partial charge in [0.25, 0.3) is 5.91 Å². The molecule has 1 saturated heterocycles. The number of esters is 1. The molecule has 2 heterocycles. The van der Waals surface area contributed by atoms with Crippen molar-refractivity contribution in [3.8, 4) is 6.07 Å². The van der Waals surface area contributed by atoms with Crippen molar-refractivity contribution in [2.75, 3.05) is 18.5 Å². The van der Waals surface area contributed by atoms with Gasteiger partial charge >= 0.3 is 12.1 Å². The van der Waals surface area contributed by atoms with Gasteiger partial charge in [-0.25, -0.2) is 9.78 Å². The van der Waals surface area contributed by atoms with Crippen LogP contribution in [-0.2, 0) is 25.2 Å². The summed E-state index contributed by atoms with van der Waals surface area (Å²) in [6.45, 7) is 1.09. The van der Waals surface area contributed by atoms with Crippen LogP contribution in [0.5, 0.6) is 0 Å². The number of carbonyl (C=O) groups is 2. The number of nitriles is 1. The molecule has 0 spiro atoms. The normalized spacial score (nSPS) is 17.0. The lowest BCUT2D eigenvalue weighted by Crippen LogP contribution is -2.51. The SMILES string of the molecule is CC(O)(C(=O)Nc1cnc(C#N)c(C(F)(F)F)c1)C(=O)OC1COC1. The summed E-state index contributed by atoms with van der Waals surface area (Å²) >= 11 is 0. The van der Waals surface area contributed by atoms with Gasteiger partial charge in [0.1, 0.15) is 12.2 Å². The Balaban J connectivity index is 2.16. The largest absolute Gasteiger partial charge is 0.455 e. The quantitative estimate of drug-likeness (QED) is 0.596. The first-order valence-electron chi connectivity index (χ1n) is 6.85. The summed E-state index contributed by atoms with van der Waals surface area (Å²) in [5.74, 6) is -2.58. The third kappa shape index (κ3) is 4.04. The van der Waals surface area contributed by atoms with E-state index in [4.69, 9.17) is 14.7 Å². The second kappa shape index (κ2) is 6.66. The maximum atomic E-state index is 12.9. The Kier molecular flexibility index (Phi) is 4.96. The van der Waals surface area contributed by atoms with Crippen LogP contribution in [0.15, 0.2) is 12.3 Å². The third-order valence-corrected chi connectivity index (χ3v) is 3.28. The van der Waals surface area contributed by atoms with Gasteiger partial charge in [0.05, 0.1) is 30.7 Å². The zero-order valence-corrected chi connectivity index (χ0v) is 12.8.